The molecule has 4 rings (SSSR count). The number of amides is 1. The number of fused-ring (bicyclic) bond motifs is 1. The molecule has 2 atom stereocenters. The summed E-state index contributed by atoms with van der Waals surface area (Å²) in [5, 5.41) is 3.33. The molecule has 0 bridgehead atoms. The van der Waals surface area contributed by atoms with E-state index in [-0.39, 0.29) is 34.7 Å². The van der Waals surface area contributed by atoms with Crippen LogP contribution in [-0.2, 0) is 4.79 Å². The molecule has 1 fully saturated rings. The van der Waals surface area contributed by atoms with E-state index in [9.17, 15) is 13.6 Å². The van der Waals surface area contributed by atoms with E-state index in [0.717, 1.165) is 5.56 Å². The van der Waals surface area contributed by atoms with Crippen LogP contribution in [0.4, 0.5) is 14.5 Å². The minimum Gasteiger partial charge on any atom is -0.495 e. The normalized spacial score (nSPS) is 23.2. The maximum atomic E-state index is 13.3. The fourth-order valence-electron chi connectivity index (χ4n) is 3.90. The van der Waals surface area contributed by atoms with E-state index in [0.29, 0.717) is 16.5 Å². The van der Waals surface area contributed by atoms with Gasteiger partial charge >= 0.3 is 6.29 Å². The highest BCUT2D eigenvalue weighted by molar-refractivity contribution is 6.31. The van der Waals surface area contributed by atoms with Crippen LogP contribution in [0, 0.1) is 11.3 Å². The first-order valence-corrected chi connectivity index (χ1v) is 9.04. The van der Waals surface area contributed by atoms with E-state index in [1.54, 1.807) is 24.3 Å². The Morgan fingerprint density at radius 2 is 1.86 bits per heavy atom. The smallest absolute Gasteiger partial charge is 0.495 e. The number of hydrogen-bond acceptors (Lipinski definition) is 4. The Bertz CT molecular complexity index is 963. The Kier molecular flexibility index (Phi) is 4.19. The lowest BCUT2D eigenvalue weighted by Gasteiger charge is -2.11. The Hall–Kier alpha value is -2.54. The molecule has 0 unspecified atom stereocenters. The highest BCUT2D eigenvalue weighted by atomic mass is 35.5. The van der Waals surface area contributed by atoms with Crippen molar-refractivity contribution in [3.63, 3.8) is 0 Å². The van der Waals surface area contributed by atoms with Crippen molar-refractivity contribution in [3.8, 4) is 17.2 Å². The summed E-state index contributed by atoms with van der Waals surface area (Å²) >= 11 is 6.02. The lowest BCUT2D eigenvalue weighted by Crippen LogP contribution is -2.25. The second-order valence-corrected chi connectivity index (χ2v) is 7.92. The van der Waals surface area contributed by atoms with Crippen molar-refractivity contribution in [1.82, 2.24) is 0 Å². The summed E-state index contributed by atoms with van der Waals surface area (Å²) in [6, 6.07) is 9.59. The van der Waals surface area contributed by atoms with Crippen molar-refractivity contribution in [2.24, 2.45) is 11.3 Å². The molecule has 2 aliphatic rings. The molecule has 1 amide bonds. The minimum absolute atomic E-state index is 0.0168. The Morgan fingerprint density at radius 1 is 1.14 bits per heavy atom. The molecule has 148 valence electrons. The lowest BCUT2D eigenvalue weighted by molar-refractivity contribution is -0.286. The number of methoxy groups -OCH3 is 1. The van der Waals surface area contributed by atoms with Gasteiger partial charge in [0.15, 0.2) is 11.5 Å². The van der Waals surface area contributed by atoms with Gasteiger partial charge in [0.1, 0.15) is 5.75 Å². The van der Waals surface area contributed by atoms with Gasteiger partial charge < -0.3 is 19.5 Å². The monoisotopic (exact) mass is 409 g/mol. The molecule has 1 aliphatic carbocycles. The summed E-state index contributed by atoms with van der Waals surface area (Å²) in [4.78, 5) is 12.9. The van der Waals surface area contributed by atoms with Gasteiger partial charge in [-0.1, -0.05) is 31.5 Å². The van der Waals surface area contributed by atoms with Crippen LogP contribution in [0.5, 0.6) is 17.2 Å². The molecule has 1 saturated carbocycles. The van der Waals surface area contributed by atoms with Gasteiger partial charge in [0.2, 0.25) is 5.91 Å². The van der Waals surface area contributed by atoms with E-state index >= 15 is 0 Å². The number of benzene rings is 2. The van der Waals surface area contributed by atoms with Crippen LogP contribution in [0.25, 0.3) is 0 Å². The third-order valence-electron chi connectivity index (χ3n) is 5.31. The van der Waals surface area contributed by atoms with Crippen molar-refractivity contribution in [1.29, 1.82) is 0 Å². The number of alkyl halides is 2. The van der Waals surface area contributed by atoms with Crippen molar-refractivity contribution >= 4 is 23.2 Å². The van der Waals surface area contributed by atoms with Crippen molar-refractivity contribution in [2.75, 3.05) is 12.4 Å². The number of halogens is 3. The third-order valence-corrected chi connectivity index (χ3v) is 5.55. The van der Waals surface area contributed by atoms with Crippen molar-refractivity contribution < 1.29 is 27.8 Å². The molecule has 0 saturated heterocycles. The first-order valence-electron chi connectivity index (χ1n) is 8.66. The zero-order chi connectivity index (χ0) is 20.3. The van der Waals surface area contributed by atoms with Gasteiger partial charge in [-0.2, -0.15) is 0 Å². The fraction of sp³-hybridized carbons (Fsp3) is 0.350. The quantitative estimate of drug-likeness (QED) is 0.767. The van der Waals surface area contributed by atoms with Gasteiger partial charge in [-0.15, -0.1) is 8.78 Å². The summed E-state index contributed by atoms with van der Waals surface area (Å²) in [7, 11) is 1.51. The maximum Gasteiger partial charge on any atom is 0.586 e. The molecule has 2 aromatic carbocycles. The van der Waals surface area contributed by atoms with Crippen LogP contribution < -0.4 is 19.5 Å². The second kappa shape index (κ2) is 6.24. The summed E-state index contributed by atoms with van der Waals surface area (Å²) in [5.74, 6) is -0.243. The first kappa shape index (κ1) is 18.8. The lowest BCUT2D eigenvalue weighted by atomic mass is 10.0. The van der Waals surface area contributed by atoms with Crippen molar-refractivity contribution in [3.05, 3.63) is 47.0 Å². The van der Waals surface area contributed by atoms with E-state index in [1.165, 1.54) is 19.2 Å². The van der Waals surface area contributed by atoms with Crippen molar-refractivity contribution in [2.45, 2.75) is 26.1 Å². The number of ether oxygens (including phenoxy) is 3. The van der Waals surface area contributed by atoms with Gasteiger partial charge in [0, 0.05) is 10.9 Å². The molecule has 8 heteroatoms. The summed E-state index contributed by atoms with van der Waals surface area (Å²) in [5.41, 5.74) is 0.863. The fourth-order valence-corrected chi connectivity index (χ4v) is 4.07. The highest BCUT2D eigenvalue weighted by Crippen LogP contribution is 2.65. The Labute approximate surface area is 165 Å². The van der Waals surface area contributed by atoms with Gasteiger partial charge in [0.05, 0.1) is 18.7 Å². The van der Waals surface area contributed by atoms with Crippen LogP contribution in [0.2, 0.25) is 5.02 Å². The minimum atomic E-state index is -3.67. The summed E-state index contributed by atoms with van der Waals surface area (Å²) in [6.07, 6.45) is -3.67. The predicted octanol–water partition coefficient (Wildman–Crippen LogP) is 5.05. The Balaban J connectivity index is 1.56. The number of carbonyl (C=O) groups excluding carboxylic acids is 1. The molecule has 2 aromatic rings. The van der Waals surface area contributed by atoms with E-state index < -0.39 is 6.29 Å². The van der Waals surface area contributed by atoms with Crippen LogP contribution in [0.3, 0.4) is 0 Å². The number of anilines is 1. The molecule has 1 heterocycles. The van der Waals surface area contributed by atoms with Crippen LogP contribution in [-0.4, -0.2) is 19.3 Å². The predicted molar refractivity (Wildman–Crippen MR) is 99.3 cm³/mol. The van der Waals surface area contributed by atoms with E-state index in [1.807, 2.05) is 13.8 Å². The zero-order valence-corrected chi connectivity index (χ0v) is 16.1. The molecule has 0 spiro atoms. The number of hydrogen-bond donors (Lipinski definition) is 1. The first-order chi connectivity index (χ1) is 13.1. The SMILES string of the molecule is COc1ccc(Cl)cc1NC(=O)[C@@H]1[C@@H](c2ccc3c(c2)OC(F)(F)O3)C1(C)C. The molecule has 1 N–H and O–H groups in total. The van der Waals surface area contributed by atoms with E-state index in [4.69, 9.17) is 16.3 Å². The largest absolute Gasteiger partial charge is 0.586 e. The molecule has 0 radical (unpaired) electrons. The average Bonchev–Trinajstić information content (AvgIpc) is 3.03. The number of carbonyl (C=O) groups is 1. The molecular formula is C20H18ClF2NO4. The number of rotatable bonds is 4. The van der Waals surface area contributed by atoms with Gasteiger partial charge in [-0.25, -0.2) is 0 Å². The van der Waals surface area contributed by atoms with Gasteiger partial charge in [-0.3, -0.25) is 4.79 Å². The molecule has 0 aromatic heterocycles. The zero-order valence-electron chi connectivity index (χ0n) is 15.4. The maximum absolute atomic E-state index is 13.3. The van der Waals surface area contributed by atoms with E-state index in [2.05, 4.69) is 14.8 Å². The highest BCUT2D eigenvalue weighted by Gasteiger charge is 2.62. The summed E-state index contributed by atoms with van der Waals surface area (Å²) < 4.78 is 40.7. The standard InChI is InChI=1S/C20H18ClF2NO4/c1-19(2)16(10-4-6-14-15(8-10)28-20(22,23)27-14)17(19)18(25)24-12-9-11(21)5-7-13(12)26-3/h4-9,16-17H,1-3H3,(H,24,25)/t16-,17+/m1/s1. The van der Waals surface area contributed by atoms with Crippen LogP contribution in [0.1, 0.15) is 25.3 Å². The van der Waals surface area contributed by atoms with Crippen LogP contribution >= 0.6 is 11.6 Å². The third kappa shape index (κ3) is 3.13. The molecule has 28 heavy (non-hydrogen) atoms. The van der Waals surface area contributed by atoms with Gasteiger partial charge in [0.25, 0.3) is 0 Å². The molecule has 5 nitrogen and oxygen atoms in total. The second-order valence-electron chi connectivity index (χ2n) is 7.48. The number of nitrogens with one attached hydrogen (secondary N) is 1. The Morgan fingerprint density at radius 3 is 2.57 bits per heavy atom. The molecule has 1 aliphatic heterocycles. The van der Waals surface area contributed by atoms with Gasteiger partial charge in [-0.05, 0) is 41.3 Å². The van der Waals surface area contributed by atoms with Crippen LogP contribution in [0.15, 0.2) is 36.4 Å². The topological polar surface area (TPSA) is 56.8 Å². The molecular weight excluding hydrogens is 392 g/mol. The summed E-state index contributed by atoms with van der Waals surface area (Å²) in [6.45, 7) is 3.91. The average molecular weight is 410 g/mol.